The molecule has 9 nitrogen and oxygen atoms in total. The number of amides is 3. The highest BCUT2D eigenvalue weighted by Crippen LogP contribution is 2.37. The van der Waals surface area contributed by atoms with Gasteiger partial charge in [0.1, 0.15) is 11.0 Å². The zero-order valence-corrected chi connectivity index (χ0v) is 18.9. The van der Waals surface area contributed by atoms with E-state index in [4.69, 9.17) is 9.47 Å². The first kappa shape index (κ1) is 21.2. The molecule has 2 aliphatic rings. The molecule has 2 N–H and O–H groups in total. The molecule has 10 heteroatoms. The lowest BCUT2D eigenvalue weighted by atomic mass is 10.1. The number of aromatic nitrogens is 2. The van der Waals surface area contributed by atoms with Gasteiger partial charge in [-0.15, -0.1) is 10.2 Å². The molecule has 1 fully saturated rings. The van der Waals surface area contributed by atoms with Crippen molar-refractivity contribution in [2.75, 3.05) is 24.0 Å². The molecule has 3 heterocycles. The number of hydrogen-bond acceptors (Lipinski definition) is 7. The van der Waals surface area contributed by atoms with Crippen molar-refractivity contribution in [3.8, 4) is 22.1 Å². The number of para-hydroxylation sites is 1. The molecule has 0 radical (unpaired) electrons. The fraction of sp³-hybridized carbons (Fsp3) is 0.304. The van der Waals surface area contributed by atoms with Gasteiger partial charge >= 0.3 is 6.03 Å². The average Bonchev–Trinajstić information content (AvgIpc) is 3.59. The smallest absolute Gasteiger partial charge is 0.322 e. The first-order chi connectivity index (χ1) is 16.1. The van der Waals surface area contributed by atoms with E-state index in [0.717, 1.165) is 29.7 Å². The second-order valence-corrected chi connectivity index (χ2v) is 8.74. The Morgan fingerprint density at radius 2 is 1.97 bits per heavy atom. The maximum atomic E-state index is 13.0. The number of nitrogens with zero attached hydrogens (tertiary/aromatic N) is 3. The van der Waals surface area contributed by atoms with E-state index >= 15 is 0 Å². The summed E-state index contributed by atoms with van der Waals surface area (Å²) in [4.78, 5) is 27.5. The van der Waals surface area contributed by atoms with Crippen LogP contribution in [0.25, 0.3) is 10.6 Å². The minimum Gasteiger partial charge on any atom is -0.454 e. The molecule has 0 aliphatic carbocycles. The molecule has 2 aliphatic heterocycles. The van der Waals surface area contributed by atoms with Crippen molar-refractivity contribution in [2.45, 2.75) is 32.2 Å². The van der Waals surface area contributed by atoms with E-state index in [1.165, 1.54) is 11.3 Å². The Kier molecular flexibility index (Phi) is 5.82. The Hall–Kier alpha value is -3.66. The molecule has 2 aromatic carbocycles. The first-order valence-electron chi connectivity index (χ1n) is 10.8. The number of carbonyl (C=O) groups is 2. The molecule has 170 valence electrons. The SMILES string of the molecule is CCc1ccccc1NC(=O)N1CCCC1C(=O)Nc1nnc(-c2ccc3c(c2)OCO3)s1. The summed E-state index contributed by atoms with van der Waals surface area (Å²) in [7, 11) is 0. The fourth-order valence-electron chi connectivity index (χ4n) is 4.03. The molecule has 3 aromatic rings. The van der Waals surface area contributed by atoms with E-state index in [-0.39, 0.29) is 18.7 Å². The highest BCUT2D eigenvalue weighted by atomic mass is 32.1. The molecule has 33 heavy (non-hydrogen) atoms. The van der Waals surface area contributed by atoms with E-state index in [2.05, 4.69) is 20.8 Å². The molecule has 1 saturated heterocycles. The summed E-state index contributed by atoms with van der Waals surface area (Å²) in [6, 6.07) is 12.4. The lowest BCUT2D eigenvalue weighted by molar-refractivity contribution is -0.119. The number of urea groups is 1. The van der Waals surface area contributed by atoms with Crippen LogP contribution in [0.2, 0.25) is 0 Å². The summed E-state index contributed by atoms with van der Waals surface area (Å²) < 4.78 is 10.7. The van der Waals surface area contributed by atoms with E-state index in [0.29, 0.717) is 34.6 Å². The minimum atomic E-state index is -0.559. The van der Waals surface area contributed by atoms with Gasteiger partial charge in [-0.3, -0.25) is 10.1 Å². The Morgan fingerprint density at radius 3 is 2.85 bits per heavy atom. The number of ether oxygens (including phenoxy) is 2. The van der Waals surface area contributed by atoms with Crippen LogP contribution in [0.3, 0.4) is 0 Å². The predicted molar refractivity (Wildman–Crippen MR) is 125 cm³/mol. The van der Waals surface area contributed by atoms with Gasteiger partial charge in [-0.2, -0.15) is 0 Å². The quantitative estimate of drug-likeness (QED) is 0.587. The zero-order valence-electron chi connectivity index (χ0n) is 18.0. The number of anilines is 2. The Balaban J connectivity index is 1.25. The number of carbonyl (C=O) groups excluding carboxylic acids is 2. The van der Waals surface area contributed by atoms with Crippen LogP contribution in [0.5, 0.6) is 11.5 Å². The third-order valence-corrected chi connectivity index (χ3v) is 6.62. The summed E-state index contributed by atoms with van der Waals surface area (Å²) in [5.41, 5.74) is 2.65. The number of nitrogens with one attached hydrogen (secondary N) is 2. The van der Waals surface area contributed by atoms with Crippen molar-refractivity contribution in [3.63, 3.8) is 0 Å². The molecular formula is C23H23N5O4S. The lowest BCUT2D eigenvalue weighted by Crippen LogP contribution is -2.45. The van der Waals surface area contributed by atoms with Crippen LogP contribution in [0.15, 0.2) is 42.5 Å². The van der Waals surface area contributed by atoms with Crippen LogP contribution < -0.4 is 20.1 Å². The average molecular weight is 466 g/mol. The molecule has 1 aromatic heterocycles. The normalized spacial score (nSPS) is 16.6. The summed E-state index contributed by atoms with van der Waals surface area (Å²) in [5, 5.41) is 15.1. The zero-order chi connectivity index (χ0) is 22.8. The molecule has 0 saturated carbocycles. The number of hydrogen-bond donors (Lipinski definition) is 2. The van der Waals surface area contributed by atoms with Gasteiger partial charge in [0.25, 0.3) is 0 Å². The number of benzene rings is 2. The van der Waals surface area contributed by atoms with Crippen LogP contribution in [-0.2, 0) is 11.2 Å². The molecule has 0 bridgehead atoms. The second kappa shape index (κ2) is 9.07. The van der Waals surface area contributed by atoms with Gasteiger partial charge in [0, 0.05) is 17.8 Å². The van der Waals surface area contributed by atoms with Crippen LogP contribution in [0.1, 0.15) is 25.3 Å². The number of aryl methyl sites for hydroxylation is 1. The summed E-state index contributed by atoms with van der Waals surface area (Å²) >= 11 is 1.27. The van der Waals surface area contributed by atoms with Gasteiger partial charge in [0.2, 0.25) is 17.8 Å². The van der Waals surface area contributed by atoms with Gasteiger partial charge in [-0.25, -0.2) is 4.79 Å². The fourth-order valence-corrected chi connectivity index (χ4v) is 4.77. The first-order valence-corrected chi connectivity index (χ1v) is 11.6. The minimum absolute atomic E-state index is 0.200. The van der Waals surface area contributed by atoms with Crippen LogP contribution >= 0.6 is 11.3 Å². The van der Waals surface area contributed by atoms with Crippen molar-refractivity contribution >= 4 is 34.1 Å². The van der Waals surface area contributed by atoms with Crippen molar-refractivity contribution in [1.29, 1.82) is 0 Å². The largest absolute Gasteiger partial charge is 0.454 e. The topological polar surface area (TPSA) is 106 Å². The number of likely N-dealkylation sites (tertiary alicyclic amines) is 1. The van der Waals surface area contributed by atoms with Crippen LogP contribution in [0, 0.1) is 0 Å². The van der Waals surface area contributed by atoms with Crippen molar-refractivity contribution < 1.29 is 19.1 Å². The molecule has 1 unspecified atom stereocenters. The van der Waals surface area contributed by atoms with Gasteiger partial charge in [0.05, 0.1) is 0 Å². The molecule has 3 amide bonds. The highest BCUT2D eigenvalue weighted by Gasteiger charge is 2.35. The van der Waals surface area contributed by atoms with Gasteiger partial charge in [0.15, 0.2) is 11.5 Å². The van der Waals surface area contributed by atoms with Crippen LogP contribution in [-0.4, -0.2) is 46.4 Å². The monoisotopic (exact) mass is 465 g/mol. The molecule has 5 rings (SSSR count). The maximum absolute atomic E-state index is 13.0. The Labute approximate surface area is 194 Å². The van der Waals surface area contributed by atoms with E-state index in [9.17, 15) is 9.59 Å². The van der Waals surface area contributed by atoms with Gasteiger partial charge in [-0.1, -0.05) is 36.5 Å². The Morgan fingerprint density at radius 1 is 1.12 bits per heavy atom. The Bertz CT molecular complexity index is 1200. The van der Waals surface area contributed by atoms with Crippen molar-refractivity contribution in [2.24, 2.45) is 0 Å². The number of fused-ring (bicyclic) bond motifs is 1. The second-order valence-electron chi connectivity index (χ2n) is 7.76. The summed E-state index contributed by atoms with van der Waals surface area (Å²) in [6.07, 6.45) is 2.17. The van der Waals surface area contributed by atoms with E-state index < -0.39 is 6.04 Å². The van der Waals surface area contributed by atoms with Gasteiger partial charge in [-0.05, 0) is 49.1 Å². The van der Waals surface area contributed by atoms with Crippen LogP contribution in [0.4, 0.5) is 15.6 Å². The third-order valence-electron chi connectivity index (χ3n) is 5.73. The van der Waals surface area contributed by atoms with Gasteiger partial charge < -0.3 is 19.7 Å². The van der Waals surface area contributed by atoms with E-state index in [1.54, 1.807) is 4.90 Å². The summed E-state index contributed by atoms with van der Waals surface area (Å²) in [6.45, 7) is 2.76. The van der Waals surface area contributed by atoms with Crippen molar-refractivity contribution in [1.82, 2.24) is 15.1 Å². The summed E-state index contributed by atoms with van der Waals surface area (Å²) in [5.74, 6) is 1.09. The maximum Gasteiger partial charge on any atom is 0.322 e. The van der Waals surface area contributed by atoms with Crippen molar-refractivity contribution in [3.05, 3.63) is 48.0 Å². The number of rotatable bonds is 5. The third kappa shape index (κ3) is 4.34. The molecule has 0 spiro atoms. The highest BCUT2D eigenvalue weighted by molar-refractivity contribution is 7.18. The molecular weight excluding hydrogens is 442 g/mol. The standard InChI is InChI=1S/C23H23N5O4S/c1-2-14-6-3-4-7-16(14)24-23(30)28-11-5-8-17(28)20(29)25-22-27-26-21(33-22)15-9-10-18-19(12-15)32-13-31-18/h3-4,6-7,9-10,12,17H,2,5,8,11,13H2,1H3,(H,24,30)(H,25,27,29). The predicted octanol–water partition coefficient (Wildman–Crippen LogP) is 4.13. The molecule has 1 atom stereocenters. The lowest BCUT2D eigenvalue weighted by Gasteiger charge is -2.24. The van der Waals surface area contributed by atoms with E-state index in [1.807, 2.05) is 49.4 Å².